The van der Waals surface area contributed by atoms with E-state index in [1.165, 1.54) is 0 Å². The highest BCUT2D eigenvalue weighted by Crippen LogP contribution is 2.70. The van der Waals surface area contributed by atoms with Crippen molar-refractivity contribution >= 4 is 17.7 Å². The lowest BCUT2D eigenvalue weighted by Crippen LogP contribution is -2.58. The number of hydrogen-bond donors (Lipinski definition) is 1. The summed E-state index contributed by atoms with van der Waals surface area (Å²) in [5.41, 5.74) is -0.251. The zero-order chi connectivity index (χ0) is 27.0. The van der Waals surface area contributed by atoms with E-state index >= 15 is 0 Å². The summed E-state index contributed by atoms with van der Waals surface area (Å²) in [6, 6.07) is 0. The van der Waals surface area contributed by atoms with E-state index in [9.17, 15) is 14.4 Å². The average molecular weight is 531 g/mol. The molecule has 6 aliphatic rings. The maximum Gasteiger partial charge on any atom is 0.306 e. The molecule has 6 fully saturated rings. The Labute approximate surface area is 226 Å². The van der Waals surface area contributed by atoms with Crippen LogP contribution < -0.4 is 0 Å². The van der Waals surface area contributed by atoms with Crippen LogP contribution in [-0.4, -0.2) is 47.4 Å². The lowest BCUT2D eigenvalue weighted by molar-refractivity contribution is -0.272. The van der Waals surface area contributed by atoms with E-state index in [1.807, 2.05) is 0 Å². The van der Waals surface area contributed by atoms with Crippen LogP contribution in [0.3, 0.4) is 0 Å². The maximum atomic E-state index is 14.2. The van der Waals surface area contributed by atoms with Gasteiger partial charge in [0.1, 0.15) is 11.9 Å². The molecule has 0 radical (unpaired) electrons. The minimum Gasteiger partial charge on any atom is -0.481 e. The molecular formula is C31H46O7. The number of aliphatic carboxylic acids is 1. The van der Waals surface area contributed by atoms with Crippen molar-refractivity contribution in [2.45, 2.75) is 116 Å². The second-order valence-electron chi connectivity index (χ2n) is 14.3. The minimum absolute atomic E-state index is 0.0680. The van der Waals surface area contributed by atoms with Crippen molar-refractivity contribution in [1.29, 1.82) is 0 Å². The number of Topliss-reactive ketones (excluding diaryl/α,β-unsaturated/α-hetero) is 1. The second-order valence-corrected chi connectivity index (χ2v) is 14.3. The van der Waals surface area contributed by atoms with Crippen molar-refractivity contribution in [3.63, 3.8) is 0 Å². The van der Waals surface area contributed by atoms with Crippen LogP contribution in [0.5, 0.6) is 0 Å². The van der Waals surface area contributed by atoms with E-state index in [0.29, 0.717) is 41.8 Å². The molecule has 0 unspecified atom stereocenters. The number of rotatable bonds is 4. The molecule has 4 aliphatic carbocycles. The highest BCUT2D eigenvalue weighted by atomic mass is 16.7. The number of carbonyl (C=O) groups is 3. The molecule has 2 saturated heterocycles. The lowest BCUT2D eigenvalue weighted by atomic mass is 9.44. The summed E-state index contributed by atoms with van der Waals surface area (Å²) < 4.78 is 18.9. The van der Waals surface area contributed by atoms with Crippen molar-refractivity contribution < 1.29 is 33.7 Å². The van der Waals surface area contributed by atoms with Crippen molar-refractivity contribution in [1.82, 2.24) is 0 Å². The van der Waals surface area contributed by atoms with Crippen LogP contribution in [0.4, 0.5) is 0 Å². The number of carboxylic acid groups (broad SMARTS) is 1. The monoisotopic (exact) mass is 530 g/mol. The molecule has 212 valence electrons. The molecule has 4 saturated carbocycles. The highest BCUT2D eigenvalue weighted by Gasteiger charge is 2.71. The first-order chi connectivity index (χ1) is 18.0. The fraction of sp³-hybridized carbons (Fsp3) is 0.903. The van der Waals surface area contributed by atoms with Crippen molar-refractivity contribution in [2.75, 3.05) is 6.61 Å². The van der Waals surface area contributed by atoms with E-state index in [1.54, 1.807) is 0 Å². The Morgan fingerprint density at radius 3 is 2.53 bits per heavy atom. The van der Waals surface area contributed by atoms with Crippen LogP contribution in [0.25, 0.3) is 0 Å². The summed E-state index contributed by atoms with van der Waals surface area (Å²) in [6.45, 7) is 9.94. The van der Waals surface area contributed by atoms with Gasteiger partial charge < -0.3 is 19.3 Å². The third-order valence-corrected chi connectivity index (χ3v) is 12.6. The van der Waals surface area contributed by atoms with Crippen LogP contribution in [0.1, 0.15) is 98.3 Å². The van der Waals surface area contributed by atoms with Gasteiger partial charge in [-0.05, 0) is 80.0 Å². The first-order valence-corrected chi connectivity index (χ1v) is 15.2. The van der Waals surface area contributed by atoms with Crippen molar-refractivity contribution in [3.05, 3.63) is 0 Å². The van der Waals surface area contributed by atoms with Gasteiger partial charge in [0.25, 0.3) is 0 Å². The van der Waals surface area contributed by atoms with Gasteiger partial charge in [0, 0.05) is 30.1 Å². The Morgan fingerprint density at radius 2 is 1.82 bits per heavy atom. The fourth-order valence-electron chi connectivity index (χ4n) is 10.5. The third kappa shape index (κ3) is 3.92. The van der Waals surface area contributed by atoms with E-state index in [-0.39, 0.29) is 47.7 Å². The van der Waals surface area contributed by atoms with Gasteiger partial charge in [-0.15, -0.1) is 0 Å². The van der Waals surface area contributed by atoms with Gasteiger partial charge in [0.15, 0.2) is 5.79 Å². The lowest BCUT2D eigenvalue weighted by Gasteiger charge is -2.60. The molecule has 7 heteroatoms. The Kier molecular flexibility index (Phi) is 6.54. The first kappa shape index (κ1) is 26.7. The Morgan fingerprint density at radius 1 is 1.03 bits per heavy atom. The second kappa shape index (κ2) is 9.29. The summed E-state index contributed by atoms with van der Waals surface area (Å²) in [5.74, 6) is 1.32. The summed E-state index contributed by atoms with van der Waals surface area (Å²) >= 11 is 0. The van der Waals surface area contributed by atoms with Crippen molar-refractivity contribution in [2.24, 2.45) is 52.3 Å². The topological polar surface area (TPSA) is 99.1 Å². The third-order valence-electron chi connectivity index (χ3n) is 12.6. The van der Waals surface area contributed by atoms with Crippen LogP contribution in [0.2, 0.25) is 0 Å². The number of esters is 1. The largest absolute Gasteiger partial charge is 0.481 e. The fourth-order valence-corrected chi connectivity index (χ4v) is 10.5. The molecule has 0 aromatic carbocycles. The Bertz CT molecular complexity index is 985. The molecule has 0 amide bonds. The number of ketones is 1. The number of carbonyl (C=O) groups excluding carboxylic acids is 2. The summed E-state index contributed by atoms with van der Waals surface area (Å²) in [7, 11) is 0. The molecule has 12 atom stereocenters. The number of ether oxygens (including phenoxy) is 3. The van der Waals surface area contributed by atoms with E-state index in [0.717, 1.165) is 58.0 Å². The summed E-state index contributed by atoms with van der Waals surface area (Å²) in [4.78, 5) is 37.2. The maximum absolute atomic E-state index is 14.2. The van der Waals surface area contributed by atoms with Gasteiger partial charge in [-0.3, -0.25) is 14.4 Å². The van der Waals surface area contributed by atoms with Crippen LogP contribution in [-0.2, 0) is 28.6 Å². The van der Waals surface area contributed by atoms with Gasteiger partial charge in [-0.25, -0.2) is 0 Å². The molecule has 1 spiro atoms. The molecule has 0 bridgehead atoms. The van der Waals surface area contributed by atoms with E-state index < -0.39 is 17.7 Å². The molecule has 7 nitrogen and oxygen atoms in total. The molecule has 1 N–H and O–H groups in total. The molecule has 0 aromatic heterocycles. The molecular weight excluding hydrogens is 484 g/mol. The molecule has 2 heterocycles. The Hall–Kier alpha value is -1.47. The van der Waals surface area contributed by atoms with Gasteiger partial charge in [-0.1, -0.05) is 27.7 Å². The Balaban J connectivity index is 1.17. The first-order valence-electron chi connectivity index (χ1n) is 15.2. The van der Waals surface area contributed by atoms with E-state index in [2.05, 4.69) is 27.7 Å². The van der Waals surface area contributed by atoms with Crippen LogP contribution in [0.15, 0.2) is 0 Å². The number of carboxylic acids is 1. The van der Waals surface area contributed by atoms with Gasteiger partial charge in [-0.2, -0.15) is 0 Å². The van der Waals surface area contributed by atoms with Gasteiger partial charge in [0.05, 0.1) is 25.6 Å². The predicted molar refractivity (Wildman–Crippen MR) is 139 cm³/mol. The van der Waals surface area contributed by atoms with Gasteiger partial charge >= 0.3 is 11.9 Å². The average Bonchev–Trinajstić information content (AvgIpc) is 3.32. The predicted octanol–water partition coefficient (Wildman–Crippen LogP) is 5.39. The molecule has 6 rings (SSSR count). The SMILES string of the molecule is C[C@H]1CC[C@@]2(OC1)O[C@H]1C[C@@H]3[C@@H]4CC[C@H]5C[C@H](OC(=O)CCC(=O)O)CC[C@]5(C)[C@H]4CC(=O)[C@]3(C)[C@H]1[C@@H]2C. The summed E-state index contributed by atoms with van der Waals surface area (Å²) in [5, 5.41) is 8.86. The van der Waals surface area contributed by atoms with Crippen LogP contribution >= 0.6 is 0 Å². The smallest absolute Gasteiger partial charge is 0.306 e. The standard InChI is InChI=1S/C31H46O7/c1-17-9-12-31(36-16-17)18(2)28-24(38-31)14-23-21-6-5-19-13-20(37-27(35)8-7-26(33)34)10-11-29(19,3)22(21)15-25(32)30(23,28)4/h17-24,28H,5-16H2,1-4H3,(H,33,34)/t17-,18-,19-,20+,21+,22-,23+,24-,28-,29-,30+,31+/m0/s1. The quantitative estimate of drug-likeness (QED) is 0.487. The van der Waals surface area contributed by atoms with Gasteiger partial charge in [0.2, 0.25) is 0 Å². The summed E-state index contributed by atoms with van der Waals surface area (Å²) in [6.07, 6.45) is 8.25. The van der Waals surface area contributed by atoms with E-state index in [4.69, 9.17) is 19.3 Å². The molecule has 38 heavy (non-hydrogen) atoms. The zero-order valence-corrected chi connectivity index (χ0v) is 23.6. The van der Waals surface area contributed by atoms with Crippen LogP contribution in [0, 0.1) is 52.3 Å². The zero-order valence-electron chi connectivity index (χ0n) is 23.6. The number of fused-ring (bicyclic) bond motifs is 7. The normalized spacial score (nSPS) is 51.6. The molecule has 2 aliphatic heterocycles. The highest BCUT2D eigenvalue weighted by molar-refractivity contribution is 5.87. The molecule has 0 aromatic rings. The van der Waals surface area contributed by atoms with Crippen molar-refractivity contribution in [3.8, 4) is 0 Å². The minimum atomic E-state index is -0.975. The number of hydrogen-bond acceptors (Lipinski definition) is 6.